The van der Waals surface area contributed by atoms with Gasteiger partial charge in [0.15, 0.2) is 0 Å². The molecule has 0 N–H and O–H groups in total. The number of allylic oxidation sites excluding steroid dienone is 2. The molecule has 0 rings (SSSR count). The second kappa shape index (κ2) is 17.0. The van der Waals surface area contributed by atoms with E-state index >= 15 is 0 Å². The van der Waals surface area contributed by atoms with Gasteiger partial charge in [0.25, 0.3) is 0 Å². The summed E-state index contributed by atoms with van der Waals surface area (Å²) in [6.45, 7) is 2.00. The van der Waals surface area contributed by atoms with Crippen LogP contribution in [0.4, 0.5) is 0 Å². The maximum absolute atomic E-state index is 10.9. The number of esters is 2. The van der Waals surface area contributed by atoms with Crippen LogP contribution in [0.1, 0.15) is 84.0 Å². The minimum atomic E-state index is -0.187. The van der Waals surface area contributed by atoms with Crippen molar-refractivity contribution in [3.63, 3.8) is 0 Å². The lowest BCUT2D eigenvalue weighted by Gasteiger charge is -2.01. The largest absolute Gasteiger partial charge is 0.469 e. The lowest BCUT2D eigenvalue weighted by Crippen LogP contribution is -1.99. The zero-order valence-corrected chi connectivity index (χ0v) is 15.0. The molecular weight excluding hydrogens is 292 g/mol. The smallest absolute Gasteiger partial charge is 0.305 e. The minimum Gasteiger partial charge on any atom is -0.469 e. The summed E-state index contributed by atoms with van der Waals surface area (Å²) in [5, 5.41) is 0. The fourth-order valence-electron chi connectivity index (χ4n) is 2.33. The summed E-state index contributed by atoms with van der Waals surface area (Å²) in [6.07, 6.45) is 17.7. The number of carbonyl (C=O) groups is 2. The van der Waals surface area contributed by atoms with E-state index in [1.807, 2.05) is 0 Å². The van der Waals surface area contributed by atoms with E-state index in [0.29, 0.717) is 13.0 Å². The van der Waals surface area contributed by atoms with Gasteiger partial charge >= 0.3 is 11.9 Å². The van der Waals surface area contributed by atoms with Gasteiger partial charge in [-0.3, -0.25) is 9.59 Å². The summed E-state index contributed by atoms with van der Waals surface area (Å²) in [4.78, 5) is 21.5. The molecule has 0 aliphatic heterocycles. The van der Waals surface area contributed by atoms with Crippen molar-refractivity contribution in [3.8, 4) is 0 Å². The van der Waals surface area contributed by atoms with Gasteiger partial charge in [0.2, 0.25) is 0 Å². The molecule has 0 aliphatic rings. The van der Waals surface area contributed by atoms with Crippen LogP contribution in [0, 0.1) is 0 Å². The summed E-state index contributed by atoms with van der Waals surface area (Å²) in [5.41, 5.74) is 0. The van der Waals surface area contributed by atoms with Gasteiger partial charge in [-0.2, -0.15) is 0 Å². The normalized spacial score (nSPS) is 10.9. The van der Waals surface area contributed by atoms with Gasteiger partial charge in [-0.1, -0.05) is 37.8 Å². The van der Waals surface area contributed by atoms with Gasteiger partial charge in [-0.15, -0.1) is 0 Å². The Morgan fingerprint density at radius 1 is 0.783 bits per heavy atom. The van der Waals surface area contributed by atoms with Crippen molar-refractivity contribution in [1.29, 1.82) is 0 Å². The molecule has 0 atom stereocenters. The molecular formula is C19H34O4. The number of rotatable bonds is 15. The first-order valence-corrected chi connectivity index (χ1v) is 9.02. The molecule has 0 aliphatic carbocycles. The highest BCUT2D eigenvalue weighted by Crippen LogP contribution is 2.10. The number of hydrogen-bond acceptors (Lipinski definition) is 4. The van der Waals surface area contributed by atoms with Crippen molar-refractivity contribution in [2.45, 2.75) is 84.0 Å². The fourth-order valence-corrected chi connectivity index (χ4v) is 2.33. The van der Waals surface area contributed by atoms with Gasteiger partial charge in [0.05, 0.1) is 13.7 Å². The van der Waals surface area contributed by atoms with Crippen molar-refractivity contribution < 1.29 is 19.1 Å². The van der Waals surface area contributed by atoms with Crippen molar-refractivity contribution in [2.24, 2.45) is 0 Å². The Morgan fingerprint density at radius 3 is 1.87 bits per heavy atom. The summed E-state index contributed by atoms with van der Waals surface area (Å²) < 4.78 is 9.50. The van der Waals surface area contributed by atoms with Crippen molar-refractivity contribution in [2.75, 3.05) is 13.7 Å². The second-order valence-electron chi connectivity index (χ2n) is 5.90. The first-order valence-electron chi connectivity index (χ1n) is 9.02. The third-order valence-electron chi connectivity index (χ3n) is 3.72. The van der Waals surface area contributed by atoms with E-state index in [-0.39, 0.29) is 11.9 Å². The molecule has 0 bridgehead atoms. The highest BCUT2D eigenvalue weighted by molar-refractivity contribution is 5.68. The molecule has 0 aromatic heterocycles. The van der Waals surface area contributed by atoms with E-state index in [1.54, 1.807) is 0 Å². The van der Waals surface area contributed by atoms with Crippen molar-refractivity contribution in [3.05, 3.63) is 12.2 Å². The van der Waals surface area contributed by atoms with E-state index in [2.05, 4.69) is 16.9 Å². The standard InChI is InChI=1S/C19H34O4/c1-18(20)23-17-15-13-11-9-7-5-3-4-6-8-10-12-14-16-19(21)22-2/h5,7H,3-4,6,8-17H2,1-2H3/b7-5-. The van der Waals surface area contributed by atoms with Crippen LogP contribution in [0.25, 0.3) is 0 Å². The highest BCUT2D eigenvalue weighted by Gasteiger charge is 1.98. The van der Waals surface area contributed by atoms with Crippen LogP contribution in [-0.2, 0) is 19.1 Å². The van der Waals surface area contributed by atoms with Gasteiger partial charge in [-0.05, 0) is 44.9 Å². The van der Waals surface area contributed by atoms with Crippen molar-refractivity contribution >= 4 is 11.9 Å². The van der Waals surface area contributed by atoms with Crippen LogP contribution in [-0.4, -0.2) is 25.7 Å². The number of ether oxygens (including phenoxy) is 2. The van der Waals surface area contributed by atoms with Crippen LogP contribution in [0.2, 0.25) is 0 Å². The van der Waals surface area contributed by atoms with E-state index in [0.717, 1.165) is 44.9 Å². The topological polar surface area (TPSA) is 52.6 Å². The van der Waals surface area contributed by atoms with Crippen LogP contribution >= 0.6 is 0 Å². The van der Waals surface area contributed by atoms with E-state index < -0.39 is 0 Å². The van der Waals surface area contributed by atoms with Gasteiger partial charge in [0, 0.05) is 13.3 Å². The molecule has 4 heteroatoms. The Balaban J connectivity index is 3.14. The number of unbranched alkanes of at least 4 members (excludes halogenated alkanes) is 9. The number of hydrogen-bond donors (Lipinski definition) is 0. The first-order chi connectivity index (χ1) is 11.2. The van der Waals surface area contributed by atoms with E-state index in [9.17, 15) is 9.59 Å². The van der Waals surface area contributed by atoms with Gasteiger partial charge < -0.3 is 9.47 Å². The molecule has 23 heavy (non-hydrogen) atoms. The van der Waals surface area contributed by atoms with Crippen LogP contribution in [0.5, 0.6) is 0 Å². The lowest BCUT2D eigenvalue weighted by molar-refractivity contribution is -0.141. The molecule has 0 unspecified atom stereocenters. The number of methoxy groups -OCH3 is 1. The number of carbonyl (C=O) groups excluding carboxylic acids is 2. The summed E-state index contributed by atoms with van der Waals surface area (Å²) >= 11 is 0. The van der Waals surface area contributed by atoms with Gasteiger partial charge in [-0.25, -0.2) is 0 Å². The molecule has 0 radical (unpaired) electrons. The zero-order valence-electron chi connectivity index (χ0n) is 15.0. The third kappa shape index (κ3) is 18.6. The molecule has 134 valence electrons. The fraction of sp³-hybridized carbons (Fsp3) is 0.789. The predicted molar refractivity (Wildman–Crippen MR) is 93.2 cm³/mol. The minimum absolute atomic E-state index is 0.0958. The molecule has 0 aromatic carbocycles. The Morgan fingerprint density at radius 2 is 1.30 bits per heavy atom. The quantitative estimate of drug-likeness (QED) is 0.242. The van der Waals surface area contributed by atoms with E-state index in [4.69, 9.17) is 4.74 Å². The molecule has 0 aromatic rings. The Kier molecular flexibility index (Phi) is 16.1. The SMILES string of the molecule is COC(=O)CCCCCCCC/C=C\CCCCCOC(C)=O. The maximum Gasteiger partial charge on any atom is 0.305 e. The Bertz CT molecular complexity index is 323. The third-order valence-corrected chi connectivity index (χ3v) is 3.72. The second-order valence-corrected chi connectivity index (χ2v) is 5.90. The summed E-state index contributed by atoms with van der Waals surface area (Å²) in [7, 11) is 1.44. The first kappa shape index (κ1) is 21.7. The Hall–Kier alpha value is -1.32. The molecule has 0 spiro atoms. The van der Waals surface area contributed by atoms with Crippen molar-refractivity contribution in [1.82, 2.24) is 0 Å². The molecule has 0 amide bonds. The zero-order chi connectivity index (χ0) is 17.2. The highest BCUT2D eigenvalue weighted by atomic mass is 16.5. The van der Waals surface area contributed by atoms with Crippen LogP contribution < -0.4 is 0 Å². The summed E-state index contributed by atoms with van der Waals surface area (Å²) in [5.74, 6) is -0.283. The molecule has 0 heterocycles. The van der Waals surface area contributed by atoms with Crippen LogP contribution in [0.15, 0.2) is 12.2 Å². The molecule has 0 fully saturated rings. The van der Waals surface area contributed by atoms with E-state index in [1.165, 1.54) is 39.7 Å². The molecule has 0 saturated carbocycles. The Labute approximate surface area is 141 Å². The van der Waals surface area contributed by atoms with Gasteiger partial charge in [0.1, 0.15) is 0 Å². The monoisotopic (exact) mass is 326 g/mol. The van der Waals surface area contributed by atoms with Crippen LogP contribution in [0.3, 0.4) is 0 Å². The maximum atomic E-state index is 10.9. The average Bonchev–Trinajstić information content (AvgIpc) is 2.53. The molecule has 0 saturated heterocycles. The predicted octanol–water partition coefficient (Wildman–Crippen LogP) is 4.96. The lowest BCUT2D eigenvalue weighted by atomic mass is 10.1. The summed E-state index contributed by atoms with van der Waals surface area (Å²) in [6, 6.07) is 0. The molecule has 4 nitrogen and oxygen atoms in total. The average molecular weight is 326 g/mol.